The van der Waals surface area contributed by atoms with Gasteiger partial charge in [0.2, 0.25) is 0 Å². The monoisotopic (exact) mass is 233 g/mol. The van der Waals surface area contributed by atoms with E-state index < -0.39 is 0 Å². The zero-order valence-corrected chi connectivity index (χ0v) is 11.1. The summed E-state index contributed by atoms with van der Waals surface area (Å²) in [5.74, 6) is 0. The van der Waals surface area contributed by atoms with Crippen molar-refractivity contribution in [2.75, 3.05) is 0 Å². The van der Waals surface area contributed by atoms with Gasteiger partial charge in [0.1, 0.15) is 0 Å². The van der Waals surface area contributed by atoms with Gasteiger partial charge in [0.05, 0.1) is 5.69 Å². The summed E-state index contributed by atoms with van der Waals surface area (Å²) in [5, 5.41) is 4.39. The third-order valence-corrected chi connectivity index (χ3v) is 3.35. The standard InChI is InChI=1S/C14H23N3/c1-4-7-17-13(5-6-16-17)11-8-12(15)10-14(2,3)9-11/h5-6,8,12H,4,7,9-10,15H2,1-3H3. The molecule has 1 aliphatic rings. The number of aromatic nitrogens is 2. The Bertz CT molecular complexity index is 415. The number of aryl methyl sites for hydroxylation is 1. The van der Waals surface area contributed by atoms with Crippen molar-refractivity contribution in [2.24, 2.45) is 11.1 Å². The third kappa shape index (κ3) is 2.78. The molecular weight excluding hydrogens is 210 g/mol. The first-order valence-electron chi connectivity index (χ1n) is 6.50. The van der Waals surface area contributed by atoms with Crippen molar-refractivity contribution in [3.8, 4) is 0 Å². The van der Waals surface area contributed by atoms with E-state index in [9.17, 15) is 0 Å². The van der Waals surface area contributed by atoms with Gasteiger partial charge >= 0.3 is 0 Å². The van der Waals surface area contributed by atoms with Gasteiger partial charge < -0.3 is 5.73 Å². The lowest BCUT2D eigenvalue weighted by Gasteiger charge is -2.33. The van der Waals surface area contributed by atoms with Gasteiger partial charge in [-0.25, -0.2) is 0 Å². The van der Waals surface area contributed by atoms with E-state index in [0.29, 0.717) is 5.41 Å². The van der Waals surface area contributed by atoms with Gasteiger partial charge in [-0.05, 0) is 36.3 Å². The Morgan fingerprint density at radius 2 is 2.29 bits per heavy atom. The van der Waals surface area contributed by atoms with Gasteiger partial charge in [0.15, 0.2) is 0 Å². The summed E-state index contributed by atoms with van der Waals surface area (Å²) < 4.78 is 2.10. The van der Waals surface area contributed by atoms with E-state index in [0.717, 1.165) is 25.8 Å². The Morgan fingerprint density at radius 3 is 2.94 bits per heavy atom. The number of rotatable bonds is 3. The van der Waals surface area contributed by atoms with Crippen LogP contribution in [0.25, 0.3) is 5.57 Å². The molecule has 0 aromatic carbocycles. The molecule has 1 aliphatic carbocycles. The minimum Gasteiger partial charge on any atom is -0.324 e. The Hall–Kier alpha value is -1.09. The van der Waals surface area contributed by atoms with Gasteiger partial charge in [-0.15, -0.1) is 0 Å². The molecule has 17 heavy (non-hydrogen) atoms. The van der Waals surface area contributed by atoms with Crippen molar-refractivity contribution >= 4 is 5.57 Å². The van der Waals surface area contributed by atoms with Crippen LogP contribution in [0.1, 0.15) is 45.7 Å². The van der Waals surface area contributed by atoms with E-state index in [1.807, 2.05) is 6.20 Å². The van der Waals surface area contributed by atoms with E-state index in [4.69, 9.17) is 5.73 Å². The summed E-state index contributed by atoms with van der Waals surface area (Å²) >= 11 is 0. The number of allylic oxidation sites excluding steroid dienone is 1. The molecule has 0 amide bonds. The van der Waals surface area contributed by atoms with Gasteiger partial charge in [0.25, 0.3) is 0 Å². The van der Waals surface area contributed by atoms with Crippen LogP contribution >= 0.6 is 0 Å². The Balaban J connectivity index is 2.29. The zero-order valence-electron chi connectivity index (χ0n) is 11.1. The fourth-order valence-corrected chi connectivity index (χ4v) is 2.77. The lowest BCUT2D eigenvalue weighted by atomic mass is 9.75. The fraction of sp³-hybridized carbons (Fsp3) is 0.643. The molecule has 0 radical (unpaired) electrons. The summed E-state index contributed by atoms with van der Waals surface area (Å²) in [4.78, 5) is 0. The third-order valence-electron chi connectivity index (χ3n) is 3.35. The Morgan fingerprint density at radius 1 is 1.53 bits per heavy atom. The molecule has 1 aromatic heterocycles. The van der Waals surface area contributed by atoms with Crippen molar-refractivity contribution in [3.05, 3.63) is 24.0 Å². The second-order valence-corrected chi connectivity index (χ2v) is 5.84. The average Bonchev–Trinajstić information content (AvgIpc) is 2.63. The van der Waals surface area contributed by atoms with Gasteiger partial charge in [-0.2, -0.15) is 5.10 Å². The molecule has 0 saturated carbocycles. The van der Waals surface area contributed by atoms with Crippen molar-refractivity contribution in [2.45, 2.75) is 52.6 Å². The first kappa shape index (κ1) is 12.4. The van der Waals surface area contributed by atoms with E-state index in [-0.39, 0.29) is 6.04 Å². The van der Waals surface area contributed by atoms with Gasteiger partial charge in [-0.1, -0.05) is 26.8 Å². The fourth-order valence-electron chi connectivity index (χ4n) is 2.77. The van der Waals surface area contributed by atoms with Crippen molar-refractivity contribution in [3.63, 3.8) is 0 Å². The summed E-state index contributed by atoms with van der Waals surface area (Å²) in [6, 6.07) is 2.29. The molecule has 0 aliphatic heterocycles. The number of hydrogen-bond acceptors (Lipinski definition) is 2. The molecule has 1 atom stereocenters. The van der Waals surface area contributed by atoms with Crippen LogP contribution in [-0.2, 0) is 6.54 Å². The van der Waals surface area contributed by atoms with Crippen LogP contribution in [0.5, 0.6) is 0 Å². The highest BCUT2D eigenvalue weighted by Gasteiger charge is 2.28. The molecule has 3 heteroatoms. The van der Waals surface area contributed by atoms with Crippen LogP contribution < -0.4 is 5.73 Å². The summed E-state index contributed by atoms with van der Waals surface area (Å²) in [6.07, 6.45) is 7.37. The van der Waals surface area contributed by atoms with E-state index in [1.54, 1.807) is 0 Å². The predicted molar refractivity (Wildman–Crippen MR) is 71.5 cm³/mol. The van der Waals surface area contributed by atoms with Crippen LogP contribution in [0.3, 0.4) is 0 Å². The lowest BCUT2D eigenvalue weighted by molar-refractivity contribution is 0.317. The largest absolute Gasteiger partial charge is 0.324 e. The second-order valence-electron chi connectivity index (χ2n) is 5.84. The predicted octanol–water partition coefficient (Wildman–Crippen LogP) is 2.82. The Labute approximate surface area is 104 Å². The second kappa shape index (κ2) is 4.65. The van der Waals surface area contributed by atoms with E-state index >= 15 is 0 Å². The van der Waals surface area contributed by atoms with Crippen LogP contribution in [0.4, 0.5) is 0 Å². The van der Waals surface area contributed by atoms with Crippen molar-refractivity contribution < 1.29 is 0 Å². The SMILES string of the molecule is CCCn1nccc1C1=CC(N)CC(C)(C)C1. The smallest absolute Gasteiger partial charge is 0.0639 e. The topological polar surface area (TPSA) is 43.8 Å². The maximum absolute atomic E-state index is 6.12. The number of nitrogens with two attached hydrogens (primary N) is 1. The number of nitrogens with zero attached hydrogens (tertiary/aromatic N) is 2. The lowest BCUT2D eigenvalue weighted by Crippen LogP contribution is -2.31. The molecule has 0 saturated heterocycles. The average molecular weight is 233 g/mol. The summed E-state index contributed by atoms with van der Waals surface area (Å²) in [5.41, 5.74) is 9.03. The molecule has 3 nitrogen and oxygen atoms in total. The molecular formula is C14H23N3. The van der Waals surface area contributed by atoms with E-state index in [2.05, 4.69) is 42.7 Å². The molecule has 94 valence electrons. The molecule has 1 aromatic rings. The van der Waals surface area contributed by atoms with Crippen molar-refractivity contribution in [1.82, 2.24) is 9.78 Å². The molecule has 0 bridgehead atoms. The molecule has 2 N–H and O–H groups in total. The van der Waals surface area contributed by atoms with Crippen LogP contribution in [0, 0.1) is 5.41 Å². The molecule has 1 heterocycles. The Kier molecular flexibility index (Phi) is 3.38. The van der Waals surface area contributed by atoms with Crippen LogP contribution in [0.15, 0.2) is 18.3 Å². The minimum absolute atomic E-state index is 0.179. The maximum Gasteiger partial charge on any atom is 0.0639 e. The van der Waals surface area contributed by atoms with Crippen molar-refractivity contribution in [1.29, 1.82) is 0 Å². The van der Waals surface area contributed by atoms with Crippen LogP contribution in [0.2, 0.25) is 0 Å². The highest BCUT2D eigenvalue weighted by Crippen LogP contribution is 2.38. The molecule has 1 unspecified atom stereocenters. The molecule has 2 rings (SSSR count). The van der Waals surface area contributed by atoms with Gasteiger partial charge in [0, 0.05) is 18.8 Å². The highest BCUT2D eigenvalue weighted by molar-refractivity contribution is 5.65. The molecule has 0 spiro atoms. The zero-order chi connectivity index (χ0) is 12.5. The summed E-state index contributed by atoms with van der Waals surface area (Å²) in [7, 11) is 0. The maximum atomic E-state index is 6.12. The first-order valence-corrected chi connectivity index (χ1v) is 6.50. The normalized spacial score (nSPS) is 23.5. The summed E-state index contributed by atoms with van der Waals surface area (Å²) in [6.45, 7) is 7.74. The quantitative estimate of drug-likeness (QED) is 0.872. The highest BCUT2D eigenvalue weighted by atomic mass is 15.3. The minimum atomic E-state index is 0.179. The molecule has 0 fully saturated rings. The van der Waals surface area contributed by atoms with E-state index in [1.165, 1.54) is 11.3 Å². The van der Waals surface area contributed by atoms with Crippen LogP contribution in [-0.4, -0.2) is 15.8 Å². The van der Waals surface area contributed by atoms with Gasteiger partial charge in [-0.3, -0.25) is 4.68 Å². The first-order chi connectivity index (χ1) is 8.02. The number of hydrogen-bond donors (Lipinski definition) is 1.